The third-order valence-electron chi connectivity index (χ3n) is 3.98. The molecule has 3 aromatic rings. The topological polar surface area (TPSA) is 34.0 Å². The first kappa shape index (κ1) is 14.3. The van der Waals surface area contributed by atoms with Crippen LogP contribution in [0.3, 0.4) is 0 Å². The number of anilines is 1. The molecule has 1 N–H and O–H groups in total. The lowest BCUT2D eigenvalue weighted by Gasteiger charge is -2.06. The molecule has 0 unspecified atom stereocenters. The Balaban J connectivity index is 1.87. The molecule has 0 aliphatic rings. The number of aromatic nitrogens is 1. The maximum atomic E-state index is 13.2. The fourth-order valence-corrected chi connectivity index (χ4v) is 2.75. The van der Waals surface area contributed by atoms with Gasteiger partial charge in [0.2, 0.25) is 5.91 Å². The Morgan fingerprint density at radius 2 is 1.95 bits per heavy atom. The molecule has 3 rings (SSSR count). The molecule has 1 heterocycles. The SMILES string of the molecule is Cc1c(CC(=O)Nc2cccc(F)c2)c2ccccc2n1C. The number of benzene rings is 2. The molecule has 1 aromatic heterocycles. The molecule has 0 saturated heterocycles. The van der Waals surface area contributed by atoms with E-state index in [1.165, 1.54) is 12.1 Å². The molecule has 2 aromatic carbocycles. The van der Waals surface area contributed by atoms with E-state index in [0.29, 0.717) is 5.69 Å². The van der Waals surface area contributed by atoms with Crippen LogP contribution in [0.1, 0.15) is 11.3 Å². The van der Waals surface area contributed by atoms with Gasteiger partial charge in [0.1, 0.15) is 5.82 Å². The number of hydrogen-bond donors (Lipinski definition) is 1. The van der Waals surface area contributed by atoms with E-state index in [2.05, 4.69) is 9.88 Å². The molecule has 1 amide bonds. The minimum atomic E-state index is -0.362. The van der Waals surface area contributed by atoms with Gasteiger partial charge in [0, 0.05) is 29.3 Å². The first-order chi connectivity index (χ1) is 10.6. The zero-order valence-corrected chi connectivity index (χ0v) is 12.6. The monoisotopic (exact) mass is 296 g/mol. The van der Waals surface area contributed by atoms with E-state index < -0.39 is 0 Å². The molecule has 0 aliphatic carbocycles. The lowest BCUT2D eigenvalue weighted by molar-refractivity contribution is -0.115. The smallest absolute Gasteiger partial charge is 0.228 e. The van der Waals surface area contributed by atoms with Crippen molar-refractivity contribution in [1.82, 2.24) is 4.57 Å². The molecule has 3 nitrogen and oxygen atoms in total. The Morgan fingerprint density at radius 3 is 2.73 bits per heavy atom. The van der Waals surface area contributed by atoms with Crippen LogP contribution in [0.15, 0.2) is 48.5 Å². The summed E-state index contributed by atoms with van der Waals surface area (Å²) in [6.07, 6.45) is 0.268. The van der Waals surface area contributed by atoms with Crippen molar-refractivity contribution in [3.8, 4) is 0 Å². The molecule has 0 spiro atoms. The summed E-state index contributed by atoms with van der Waals surface area (Å²) in [5.74, 6) is -0.510. The largest absolute Gasteiger partial charge is 0.348 e. The van der Waals surface area contributed by atoms with Gasteiger partial charge >= 0.3 is 0 Å². The zero-order valence-electron chi connectivity index (χ0n) is 12.6. The van der Waals surface area contributed by atoms with Crippen LogP contribution in [0.2, 0.25) is 0 Å². The minimum absolute atomic E-state index is 0.148. The summed E-state index contributed by atoms with van der Waals surface area (Å²) in [5, 5.41) is 3.82. The van der Waals surface area contributed by atoms with Gasteiger partial charge in [0.25, 0.3) is 0 Å². The van der Waals surface area contributed by atoms with Crippen LogP contribution in [0, 0.1) is 12.7 Å². The van der Waals surface area contributed by atoms with Gasteiger partial charge in [-0.05, 0) is 36.8 Å². The number of rotatable bonds is 3. The van der Waals surface area contributed by atoms with Gasteiger partial charge in [-0.2, -0.15) is 0 Å². The lowest BCUT2D eigenvalue weighted by Crippen LogP contribution is -2.15. The number of halogens is 1. The molecule has 22 heavy (non-hydrogen) atoms. The van der Waals surface area contributed by atoms with Crippen molar-refractivity contribution in [3.05, 3.63) is 65.6 Å². The van der Waals surface area contributed by atoms with E-state index in [1.54, 1.807) is 12.1 Å². The van der Waals surface area contributed by atoms with Crippen molar-refractivity contribution in [1.29, 1.82) is 0 Å². The average Bonchev–Trinajstić information content (AvgIpc) is 2.73. The number of hydrogen-bond acceptors (Lipinski definition) is 1. The number of nitrogens with zero attached hydrogens (tertiary/aromatic N) is 1. The maximum Gasteiger partial charge on any atom is 0.228 e. The maximum absolute atomic E-state index is 13.2. The van der Waals surface area contributed by atoms with E-state index in [4.69, 9.17) is 0 Å². The van der Waals surface area contributed by atoms with E-state index in [9.17, 15) is 9.18 Å². The number of carbonyl (C=O) groups is 1. The highest BCUT2D eigenvalue weighted by Gasteiger charge is 2.14. The molecule has 0 aliphatic heterocycles. The standard InChI is InChI=1S/C18H17FN2O/c1-12-16(15-8-3-4-9-17(15)21(12)2)11-18(22)20-14-7-5-6-13(19)10-14/h3-10H,11H2,1-2H3,(H,20,22). The summed E-state index contributed by atoms with van der Waals surface area (Å²) in [7, 11) is 1.99. The summed E-state index contributed by atoms with van der Waals surface area (Å²) in [6, 6.07) is 13.9. The third-order valence-corrected chi connectivity index (χ3v) is 3.98. The molecule has 4 heteroatoms. The van der Waals surface area contributed by atoms with Gasteiger partial charge in [0.15, 0.2) is 0 Å². The van der Waals surface area contributed by atoms with E-state index in [-0.39, 0.29) is 18.1 Å². The Hall–Kier alpha value is -2.62. The molecule has 112 valence electrons. The summed E-state index contributed by atoms with van der Waals surface area (Å²) in [6.45, 7) is 2.00. The highest BCUT2D eigenvalue weighted by atomic mass is 19.1. The van der Waals surface area contributed by atoms with Gasteiger partial charge in [-0.15, -0.1) is 0 Å². The predicted molar refractivity (Wildman–Crippen MR) is 86.4 cm³/mol. The summed E-state index contributed by atoms with van der Waals surface area (Å²) >= 11 is 0. The molecular weight excluding hydrogens is 279 g/mol. The number of nitrogens with one attached hydrogen (secondary N) is 1. The molecular formula is C18H17FN2O. The minimum Gasteiger partial charge on any atom is -0.348 e. The third kappa shape index (κ3) is 2.60. The van der Waals surface area contributed by atoms with Crippen molar-refractivity contribution in [2.24, 2.45) is 7.05 Å². The average molecular weight is 296 g/mol. The number of amides is 1. The predicted octanol–water partition coefficient (Wildman–Crippen LogP) is 3.81. The van der Waals surface area contributed by atoms with E-state index in [0.717, 1.165) is 22.2 Å². The molecule has 0 fully saturated rings. The summed E-state index contributed by atoms with van der Waals surface area (Å²) in [4.78, 5) is 12.3. The summed E-state index contributed by atoms with van der Waals surface area (Å²) < 4.78 is 15.2. The number of aryl methyl sites for hydroxylation is 1. The van der Waals surface area contributed by atoms with E-state index >= 15 is 0 Å². The number of fused-ring (bicyclic) bond motifs is 1. The normalized spacial score (nSPS) is 10.9. The van der Waals surface area contributed by atoms with Gasteiger partial charge < -0.3 is 9.88 Å². The fraction of sp³-hybridized carbons (Fsp3) is 0.167. The van der Waals surface area contributed by atoms with Crippen molar-refractivity contribution >= 4 is 22.5 Å². The highest BCUT2D eigenvalue weighted by molar-refractivity contribution is 5.96. The first-order valence-electron chi connectivity index (χ1n) is 7.14. The highest BCUT2D eigenvalue weighted by Crippen LogP contribution is 2.25. The number of carbonyl (C=O) groups excluding carboxylic acids is 1. The van der Waals surface area contributed by atoms with Gasteiger partial charge in [-0.3, -0.25) is 4.79 Å². The number of para-hydroxylation sites is 1. The van der Waals surface area contributed by atoms with E-state index in [1.807, 2.05) is 38.2 Å². The molecule has 0 saturated carbocycles. The van der Waals surface area contributed by atoms with Crippen LogP contribution in [-0.4, -0.2) is 10.5 Å². The Bertz CT molecular complexity index is 851. The van der Waals surface area contributed by atoms with Gasteiger partial charge in [-0.1, -0.05) is 24.3 Å². The lowest BCUT2D eigenvalue weighted by atomic mass is 10.1. The second-order valence-corrected chi connectivity index (χ2v) is 5.38. The van der Waals surface area contributed by atoms with Crippen LogP contribution in [0.5, 0.6) is 0 Å². The van der Waals surface area contributed by atoms with Crippen molar-refractivity contribution in [3.63, 3.8) is 0 Å². The zero-order chi connectivity index (χ0) is 15.7. The first-order valence-corrected chi connectivity index (χ1v) is 7.14. The molecule has 0 radical (unpaired) electrons. The van der Waals surface area contributed by atoms with Crippen molar-refractivity contribution < 1.29 is 9.18 Å². The quantitative estimate of drug-likeness (QED) is 0.783. The summed E-state index contributed by atoms with van der Waals surface area (Å²) in [5.41, 5.74) is 3.65. The molecule has 0 bridgehead atoms. The van der Waals surface area contributed by atoms with Crippen LogP contribution in [-0.2, 0) is 18.3 Å². The molecule has 0 atom stereocenters. The van der Waals surface area contributed by atoms with Crippen molar-refractivity contribution in [2.75, 3.05) is 5.32 Å². The second-order valence-electron chi connectivity index (χ2n) is 5.38. The Kier molecular flexibility index (Phi) is 3.67. The van der Waals surface area contributed by atoms with Crippen LogP contribution >= 0.6 is 0 Å². The van der Waals surface area contributed by atoms with Crippen LogP contribution in [0.25, 0.3) is 10.9 Å². The van der Waals surface area contributed by atoms with Gasteiger partial charge in [0.05, 0.1) is 6.42 Å². The van der Waals surface area contributed by atoms with Crippen LogP contribution in [0.4, 0.5) is 10.1 Å². The van der Waals surface area contributed by atoms with Gasteiger partial charge in [-0.25, -0.2) is 4.39 Å². The Labute approximate surface area is 128 Å². The second kappa shape index (κ2) is 5.64. The fourth-order valence-electron chi connectivity index (χ4n) is 2.75. The Morgan fingerprint density at radius 1 is 1.18 bits per heavy atom. The van der Waals surface area contributed by atoms with Crippen LogP contribution < -0.4 is 5.32 Å². The van der Waals surface area contributed by atoms with Crippen molar-refractivity contribution in [2.45, 2.75) is 13.3 Å².